The summed E-state index contributed by atoms with van der Waals surface area (Å²) in [5.74, 6) is 0.517. The zero-order chi connectivity index (χ0) is 14.5. The fraction of sp³-hybridized carbons (Fsp3) is 0.294. The molecule has 2 aromatic carbocycles. The smallest absolute Gasteiger partial charge is 0.0451 e. The third-order valence-corrected chi connectivity index (χ3v) is 4.21. The van der Waals surface area contributed by atoms with Gasteiger partial charge in [0.15, 0.2) is 0 Å². The molecule has 0 aromatic heterocycles. The maximum absolute atomic E-state index is 6.24. The summed E-state index contributed by atoms with van der Waals surface area (Å²) in [5, 5.41) is 4.42. The van der Waals surface area contributed by atoms with Gasteiger partial charge in [-0.05, 0) is 35.2 Å². The Morgan fingerprint density at radius 2 is 1.80 bits per heavy atom. The van der Waals surface area contributed by atoms with Crippen molar-refractivity contribution in [2.24, 2.45) is 5.92 Å². The molecule has 3 heteroatoms. The first-order valence-corrected chi connectivity index (χ1v) is 7.97. The molecule has 0 heterocycles. The average Bonchev–Trinajstić information content (AvgIpc) is 2.43. The Labute approximate surface area is 134 Å². The van der Waals surface area contributed by atoms with Crippen LogP contribution in [0, 0.1) is 5.92 Å². The third kappa shape index (κ3) is 4.08. The van der Waals surface area contributed by atoms with E-state index < -0.39 is 0 Å². The highest BCUT2D eigenvalue weighted by Gasteiger charge is 2.15. The topological polar surface area (TPSA) is 12.0 Å². The van der Waals surface area contributed by atoms with Gasteiger partial charge >= 0.3 is 0 Å². The van der Waals surface area contributed by atoms with Crippen LogP contribution in [0.25, 0.3) is 0 Å². The SMILES string of the molecule is CC(C)C(NCc1cc(Br)ccc1Cl)c1ccccc1. The van der Waals surface area contributed by atoms with Gasteiger partial charge in [0, 0.05) is 22.1 Å². The molecule has 0 saturated carbocycles. The van der Waals surface area contributed by atoms with Crippen molar-refractivity contribution in [1.82, 2.24) is 5.32 Å². The van der Waals surface area contributed by atoms with Gasteiger partial charge in [0.25, 0.3) is 0 Å². The summed E-state index contributed by atoms with van der Waals surface area (Å²) in [4.78, 5) is 0. The highest BCUT2D eigenvalue weighted by Crippen LogP contribution is 2.25. The minimum absolute atomic E-state index is 0.325. The predicted octanol–water partition coefficient (Wildman–Crippen LogP) is 5.59. The van der Waals surface area contributed by atoms with Crippen molar-refractivity contribution in [3.05, 3.63) is 69.2 Å². The molecular weight excluding hydrogens is 334 g/mol. The molecule has 0 fully saturated rings. The molecule has 1 atom stereocenters. The van der Waals surface area contributed by atoms with Crippen molar-refractivity contribution < 1.29 is 0 Å². The zero-order valence-electron chi connectivity index (χ0n) is 11.7. The maximum Gasteiger partial charge on any atom is 0.0451 e. The Hall–Kier alpha value is -0.830. The monoisotopic (exact) mass is 351 g/mol. The molecule has 0 radical (unpaired) electrons. The Bertz CT molecular complexity index is 554. The van der Waals surface area contributed by atoms with Gasteiger partial charge in [-0.2, -0.15) is 0 Å². The van der Waals surface area contributed by atoms with Crippen molar-refractivity contribution in [2.45, 2.75) is 26.4 Å². The molecule has 1 nitrogen and oxygen atoms in total. The predicted molar refractivity (Wildman–Crippen MR) is 90.0 cm³/mol. The first-order valence-electron chi connectivity index (χ1n) is 6.80. The van der Waals surface area contributed by atoms with Crippen molar-refractivity contribution in [3.8, 4) is 0 Å². The Balaban J connectivity index is 2.12. The molecule has 1 N–H and O–H groups in total. The summed E-state index contributed by atoms with van der Waals surface area (Å²) in [6.45, 7) is 5.22. The van der Waals surface area contributed by atoms with Crippen LogP contribution in [0.4, 0.5) is 0 Å². The summed E-state index contributed by atoms with van der Waals surface area (Å²) >= 11 is 9.74. The second-order valence-electron chi connectivity index (χ2n) is 5.25. The molecule has 0 bridgehead atoms. The summed E-state index contributed by atoms with van der Waals surface area (Å²) in [5.41, 5.74) is 2.43. The van der Waals surface area contributed by atoms with Crippen LogP contribution in [-0.2, 0) is 6.54 Å². The minimum Gasteiger partial charge on any atom is -0.306 e. The quantitative estimate of drug-likeness (QED) is 0.739. The van der Waals surface area contributed by atoms with Crippen LogP contribution >= 0.6 is 27.5 Å². The van der Waals surface area contributed by atoms with E-state index in [4.69, 9.17) is 11.6 Å². The van der Waals surface area contributed by atoms with E-state index in [9.17, 15) is 0 Å². The summed E-state index contributed by atoms with van der Waals surface area (Å²) in [6, 6.07) is 16.8. The third-order valence-electron chi connectivity index (χ3n) is 3.35. The van der Waals surface area contributed by atoms with Crippen molar-refractivity contribution in [1.29, 1.82) is 0 Å². The molecular formula is C17H19BrClN. The Morgan fingerprint density at radius 1 is 1.10 bits per heavy atom. The number of nitrogens with one attached hydrogen (secondary N) is 1. The Morgan fingerprint density at radius 3 is 2.45 bits per heavy atom. The van der Waals surface area contributed by atoms with Gasteiger partial charge in [0.2, 0.25) is 0 Å². The van der Waals surface area contributed by atoms with Crippen LogP contribution in [0.2, 0.25) is 5.02 Å². The lowest BCUT2D eigenvalue weighted by atomic mass is 9.96. The van der Waals surface area contributed by atoms with Crippen LogP contribution < -0.4 is 5.32 Å². The van der Waals surface area contributed by atoms with E-state index in [-0.39, 0.29) is 0 Å². The van der Waals surface area contributed by atoms with Crippen LogP contribution in [0.15, 0.2) is 53.0 Å². The van der Waals surface area contributed by atoms with Crippen LogP contribution in [0.5, 0.6) is 0 Å². The molecule has 2 rings (SSSR count). The number of hydrogen-bond acceptors (Lipinski definition) is 1. The molecule has 106 valence electrons. The van der Waals surface area contributed by atoms with Crippen LogP contribution in [0.3, 0.4) is 0 Å². The van der Waals surface area contributed by atoms with Gasteiger partial charge in [0.1, 0.15) is 0 Å². The van der Waals surface area contributed by atoms with Gasteiger partial charge in [-0.3, -0.25) is 0 Å². The lowest BCUT2D eigenvalue weighted by molar-refractivity contribution is 0.410. The van der Waals surface area contributed by atoms with E-state index in [1.165, 1.54) is 5.56 Å². The first-order chi connectivity index (χ1) is 9.58. The van der Waals surface area contributed by atoms with E-state index in [1.807, 2.05) is 18.2 Å². The number of hydrogen-bond donors (Lipinski definition) is 1. The lowest BCUT2D eigenvalue weighted by Crippen LogP contribution is -2.25. The fourth-order valence-corrected chi connectivity index (χ4v) is 2.89. The maximum atomic E-state index is 6.24. The molecule has 1 unspecified atom stereocenters. The Kier molecular flexibility index (Phi) is 5.64. The van der Waals surface area contributed by atoms with Gasteiger partial charge in [-0.1, -0.05) is 71.7 Å². The molecule has 2 aromatic rings. The van der Waals surface area contributed by atoms with Gasteiger partial charge in [0.05, 0.1) is 0 Å². The summed E-state index contributed by atoms with van der Waals surface area (Å²) in [7, 11) is 0. The molecule has 0 aliphatic rings. The van der Waals surface area contributed by atoms with E-state index in [0.717, 1.165) is 21.6 Å². The van der Waals surface area contributed by atoms with Gasteiger partial charge < -0.3 is 5.32 Å². The fourth-order valence-electron chi connectivity index (χ4n) is 2.30. The molecule has 0 spiro atoms. The van der Waals surface area contributed by atoms with Crippen LogP contribution in [0.1, 0.15) is 31.0 Å². The number of benzene rings is 2. The second-order valence-corrected chi connectivity index (χ2v) is 6.57. The van der Waals surface area contributed by atoms with Gasteiger partial charge in [-0.25, -0.2) is 0 Å². The minimum atomic E-state index is 0.325. The normalized spacial score (nSPS) is 12.7. The standard InChI is InChI=1S/C17H19BrClN/c1-12(2)17(13-6-4-3-5-7-13)20-11-14-10-15(18)8-9-16(14)19/h3-10,12,17,20H,11H2,1-2H3. The van der Waals surface area contributed by atoms with Crippen molar-refractivity contribution in [2.75, 3.05) is 0 Å². The second kappa shape index (κ2) is 7.26. The van der Waals surface area contributed by atoms with Crippen molar-refractivity contribution in [3.63, 3.8) is 0 Å². The number of rotatable bonds is 5. The molecule has 20 heavy (non-hydrogen) atoms. The molecule has 0 amide bonds. The largest absolute Gasteiger partial charge is 0.306 e. The lowest BCUT2D eigenvalue weighted by Gasteiger charge is -2.23. The highest BCUT2D eigenvalue weighted by atomic mass is 79.9. The van der Waals surface area contributed by atoms with Crippen LogP contribution in [-0.4, -0.2) is 0 Å². The first kappa shape index (κ1) is 15.6. The molecule has 0 aliphatic carbocycles. The average molecular weight is 353 g/mol. The summed E-state index contributed by atoms with van der Waals surface area (Å²) in [6.07, 6.45) is 0. The van der Waals surface area contributed by atoms with Crippen molar-refractivity contribution >= 4 is 27.5 Å². The molecule has 0 saturated heterocycles. The van der Waals surface area contributed by atoms with E-state index >= 15 is 0 Å². The highest BCUT2D eigenvalue weighted by molar-refractivity contribution is 9.10. The zero-order valence-corrected chi connectivity index (χ0v) is 14.1. The van der Waals surface area contributed by atoms with E-state index in [2.05, 4.69) is 65.4 Å². The van der Waals surface area contributed by atoms with Gasteiger partial charge in [-0.15, -0.1) is 0 Å². The summed E-state index contributed by atoms with van der Waals surface area (Å²) < 4.78 is 1.06. The molecule has 0 aliphatic heterocycles. The number of halogens is 2. The van der Waals surface area contributed by atoms with E-state index in [0.29, 0.717) is 12.0 Å². The van der Waals surface area contributed by atoms with E-state index in [1.54, 1.807) is 0 Å².